The van der Waals surface area contributed by atoms with Gasteiger partial charge in [0.1, 0.15) is 11.5 Å². The molecule has 2 heteroatoms. The van der Waals surface area contributed by atoms with Crippen molar-refractivity contribution in [3.05, 3.63) is 60.2 Å². The first-order chi connectivity index (χ1) is 8.70. The van der Waals surface area contributed by atoms with Crippen LogP contribution >= 0.6 is 0 Å². The molecule has 0 saturated heterocycles. The second kappa shape index (κ2) is 3.91. The van der Waals surface area contributed by atoms with Gasteiger partial charge in [0, 0.05) is 5.92 Å². The summed E-state index contributed by atoms with van der Waals surface area (Å²) in [5, 5.41) is 19.3. The van der Waals surface area contributed by atoms with E-state index in [1.54, 1.807) is 24.3 Å². The Bertz CT molecular complexity index is 577. The van der Waals surface area contributed by atoms with Crippen LogP contribution in [0.25, 0.3) is 11.1 Å². The number of aromatic hydroxyl groups is 2. The number of allylic oxidation sites excluding steroid dienone is 1. The van der Waals surface area contributed by atoms with Gasteiger partial charge in [-0.15, -0.1) is 6.58 Å². The third-order valence-corrected chi connectivity index (χ3v) is 3.51. The molecule has 2 nitrogen and oxygen atoms in total. The summed E-state index contributed by atoms with van der Waals surface area (Å²) in [7, 11) is 0. The van der Waals surface area contributed by atoms with Crippen LogP contribution in [0.4, 0.5) is 0 Å². The Morgan fingerprint density at radius 3 is 1.89 bits per heavy atom. The van der Waals surface area contributed by atoms with Crippen molar-refractivity contribution in [2.45, 2.75) is 12.3 Å². The lowest BCUT2D eigenvalue weighted by Crippen LogP contribution is -1.94. The minimum absolute atomic E-state index is 0.173. The molecular formula is C16H14O2. The van der Waals surface area contributed by atoms with E-state index in [2.05, 4.69) is 6.58 Å². The number of hydrogen-bond acceptors (Lipinski definition) is 2. The first-order valence-corrected chi connectivity index (χ1v) is 5.98. The lowest BCUT2D eigenvalue weighted by atomic mass is 9.93. The van der Waals surface area contributed by atoms with Gasteiger partial charge in [-0.05, 0) is 52.9 Å². The second-order valence-electron chi connectivity index (χ2n) is 4.62. The van der Waals surface area contributed by atoms with Crippen molar-refractivity contribution in [3.63, 3.8) is 0 Å². The molecule has 0 atom stereocenters. The summed E-state index contributed by atoms with van der Waals surface area (Å²) in [6.45, 7) is 3.79. The van der Waals surface area contributed by atoms with Crippen molar-refractivity contribution < 1.29 is 10.2 Å². The standard InChI is InChI=1S/C16H14O2/c1-2-3-12-15-8-10(17)4-6-13(15)14-7-5-11(18)9-16(12)14/h2,4-9,12,17-18H,1,3H2. The number of phenols is 2. The minimum atomic E-state index is 0.173. The molecule has 0 heterocycles. The molecule has 18 heavy (non-hydrogen) atoms. The molecule has 0 aromatic heterocycles. The van der Waals surface area contributed by atoms with E-state index in [1.165, 1.54) is 0 Å². The fourth-order valence-electron chi connectivity index (χ4n) is 2.76. The number of rotatable bonds is 2. The third kappa shape index (κ3) is 1.50. The van der Waals surface area contributed by atoms with Gasteiger partial charge in [0.25, 0.3) is 0 Å². The van der Waals surface area contributed by atoms with Crippen LogP contribution in [0.2, 0.25) is 0 Å². The van der Waals surface area contributed by atoms with Crippen LogP contribution < -0.4 is 0 Å². The van der Waals surface area contributed by atoms with E-state index >= 15 is 0 Å². The van der Waals surface area contributed by atoms with Crippen LogP contribution in [-0.2, 0) is 0 Å². The molecule has 0 fully saturated rings. The average Bonchev–Trinajstić information content (AvgIpc) is 2.63. The Balaban J connectivity index is 2.25. The Hall–Kier alpha value is -2.22. The molecule has 0 amide bonds. The topological polar surface area (TPSA) is 40.5 Å². The Labute approximate surface area is 106 Å². The number of phenolic OH excluding ortho intramolecular Hbond substituents is 2. The predicted molar refractivity (Wildman–Crippen MR) is 71.9 cm³/mol. The van der Waals surface area contributed by atoms with Crippen molar-refractivity contribution in [1.29, 1.82) is 0 Å². The van der Waals surface area contributed by atoms with E-state index in [1.807, 2.05) is 18.2 Å². The highest BCUT2D eigenvalue weighted by atomic mass is 16.3. The first-order valence-electron chi connectivity index (χ1n) is 5.98. The molecule has 2 aromatic carbocycles. The molecular weight excluding hydrogens is 224 g/mol. The molecule has 0 spiro atoms. The van der Waals surface area contributed by atoms with E-state index in [0.29, 0.717) is 0 Å². The molecule has 90 valence electrons. The van der Waals surface area contributed by atoms with E-state index < -0.39 is 0 Å². The zero-order valence-electron chi connectivity index (χ0n) is 9.93. The summed E-state index contributed by atoms with van der Waals surface area (Å²) >= 11 is 0. The highest BCUT2D eigenvalue weighted by molar-refractivity contribution is 5.80. The lowest BCUT2D eigenvalue weighted by molar-refractivity contribution is 0.474. The quantitative estimate of drug-likeness (QED) is 0.781. The van der Waals surface area contributed by atoms with Crippen LogP contribution in [0.5, 0.6) is 11.5 Å². The highest BCUT2D eigenvalue weighted by Gasteiger charge is 2.28. The Kier molecular flexibility index (Phi) is 2.37. The van der Waals surface area contributed by atoms with Crippen molar-refractivity contribution >= 4 is 0 Å². The van der Waals surface area contributed by atoms with Crippen molar-refractivity contribution in [2.75, 3.05) is 0 Å². The van der Waals surface area contributed by atoms with Gasteiger partial charge in [-0.1, -0.05) is 18.2 Å². The molecule has 2 aromatic rings. The van der Waals surface area contributed by atoms with Crippen LogP contribution in [0, 0.1) is 0 Å². The van der Waals surface area contributed by atoms with Crippen LogP contribution in [0.3, 0.4) is 0 Å². The second-order valence-corrected chi connectivity index (χ2v) is 4.62. The fraction of sp³-hybridized carbons (Fsp3) is 0.125. The van der Waals surface area contributed by atoms with Gasteiger partial charge in [-0.3, -0.25) is 0 Å². The number of hydrogen-bond donors (Lipinski definition) is 2. The maximum atomic E-state index is 9.64. The summed E-state index contributed by atoms with van der Waals surface area (Å²) in [4.78, 5) is 0. The maximum absolute atomic E-state index is 9.64. The van der Waals surface area contributed by atoms with Gasteiger partial charge < -0.3 is 10.2 Å². The first kappa shape index (κ1) is 10.9. The largest absolute Gasteiger partial charge is 0.508 e. The Morgan fingerprint density at radius 1 is 0.944 bits per heavy atom. The molecule has 1 aliphatic carbocycles. The van der Waals surface area contributed by atoms with Gasteiger partial charge in [-0.2, -0.15) is 0 Å². The van der Waals surface area contributed by atoms with E-state index in [-0.39, 0.29) is 17.4 Å². The third-order valence-electron chi connectivity index (χ3n) is 3.51. The summed E-state index contributed by atoms with van der Waals surface area (Å²) in [5.41, 5.74) is 4.48. The molecule has 2 N–H and O–H groups in total. The molecule has 1 aliphatic rings. The van der Waals surface area contributed by atoms with E-state index in [9.17, 15) is 10.2 Å². The Morgan fingerprint density at radius 2 is 1.44 bits per heavy atom. The molecule has 0 unspecified atom stereocenters. The van der Waals surface area contributed by atoms with Crippen LogP contribution in [0.1, 0.15) is 23.5 Å². The van der Waals surface area contributed by atoms with Crippen LogP contribution in [0.15, 0.2) is 49.1 Å². The number of benzene rings is 2. The van der Waals surface area contributed by atoms with Gasteiger partial charge in [0.05, 0.1) is 0 Å². The molecule has 0 bridgehead atoms. The highest BCUT2D eigenvalue weighted by Crippen LogP contribution is 2.48. The summed E-state index contributed by atoms with van der Waals surface area (Å²) in [6.07, 6.45) is 2.67. The molecule has 0 aliphatic heterocycles. The number of fused-ring (bicyclic) bond motifs is 3. The van der Waals surface area contributed by atoms with Crippen molar-refractivity contribution in [1.82, 2.24) is 0 Å². The smallest absolute Gasteiger partial charge is 0.115 e. The van der Waals surface area contributed by atoms with Crippen molar-refractivity contribution in [3.8, 4) is 22.6 Å². The maximum Gasteiger partial charge on any atom is 0.115 e. The minimum Gasteiger partial charge on any atom is -0.508 e. The normalized spacial score (nSPS) is 13.1. The zero-order valence-corrected chi connectivity index (χ0v) is 9.93. The monoisotopic (exact) mass is 238 g/mol. The molecule has 3 rings (SSSR count). The van der Waals surface area contributed by atoms with Crippen molar-refractivity contribution in [2.24, 2.45) is 0 Å². The predicted octanol–water partition coefficient (Wildman–Crippen LogP) is 3.79. The SMILES string of the molecule is C=CCC1c2cc(O)ccc2-c2ccc(O)cc21. The lowest BCUT2D eigenvalue weighted by Gasteiger charge is -2.11. The van der Waals surface area contributed by atoms with Gasteiger partial charge in [0.2, 0.25) is 0 Å². The summed E-state index contributed by atoms with van der Waals surface area (Å²) in [6, 6.07) is 10.9. The molecule has 0 radical (unpaired) electrons. The van der Waals surface area contributed by atoms with E-state index in [4.69, 9.17) is 0 Å². The van der Waals surface area contributed by atoms with E-state index in [0.717, 1.165) is 28.7 Å². The van der Waals surface area contributed by atoms with Gasteiger partial charge in [-0.25, -0.2) is 0 Å². The zero-order chi connectivity index (χ0) is 12.7. The van der Waals surface area contributed by atoms with Crippen LogP contribution in [-0.4, -0.2) is 10.2 Å². The summed E-state index contributed by atoms with van der Waals surface area (Å²) in [5.74, 6) is 0.728. The average molecular weight is 238 g/mol. The van der Waals surface area contributed by atoms with Gasteiger partial charge in [0.15, 0.2) is 0 Å². The fourth-order valence-corrected chi connectivity index (χ4v) is 2.76. The van der Waals surface area contributed by atoms with Gasteiger partial charge >= 0.3 is 0 Å². The summed E-state index contributed by atoms with van der Waals surface area (Å²) < 4.78 is 0. The molecule has 0 saturated carbocycles.